The van der Waals surface area contributed by atoms with E-state index < -0.39 is 23.8 Å². The number of H-pyrrole nitrogens is 1. The van der Waals surface area contributed by atoms with Crippen LogP contribution >= 0.6 is 0 Å². The van der Waals surface area contributed by atoms with Gasteiger partial charge >= 0.3 is 11.7 Å². The van der Waals surface area contributed by atoms with Crippen molar-refractivity contribution in [2.24, 2.45) is 0 Å². The molecule has 0 aliphatic heterocycles. The molecule has 0 aliphatic carbocycles. The van der Waals surface area contributed by atoms with Crippen LogP contribution < -0.4 is 11.2 Å². The maximum absolute atomic E-state index is 12.0. The third kappa shape index (κ3) is 1.94. The number of hydrogen-bond acceptors (Lipinski definition) is 3. The van der Waals surface area contributed by atoms with E-state index in [0.29, 0.717) is 0 Å². The van der Waals surface area contributed by atoms with Crippen molar-refractivity contribution < 1.29 is 9.90 Å². The molecule has 2 aromatic rings. The highest BCUT2D eigenvalue weighted by molar-refractivity contribution is 5.66. The topological polar surface area (TPSA) is 96.6 Å². The number of carbonyl (C=O) groups is 1. The molecule has 0 amide bonds. The second kappa shape index (κ2) is 4.17. The second-order valence-corrected chi connectivity index (χ2v) is 4.39. The van der Waals surface area contributed by atoms with E-state index >= 15 is 0 Å². The highest BCUT2D eigenvalue weighted by atomic mass is 16.4. The van der Waals surface area contributed by atoms with Crippen LogP contribution in [-0.4, -0.2) is 25.3 Å². The predicted molar refractivity (Wildman–Crippen MR) is 64.0 cm³/mol. The normalized spacial score (nSPS) is 11.3. The van der Waals surface area contributed by atoms with Gasteiger partial charge in [0.1, 0.15) is 12.1 Å². The molecule has 2 N–H and O–H groups in total. The summed E-state index contributed by atoms with van der Waals surface area (Å²) in [5, 5.41) is 10.9. The minimum atomic E-state index is -1.19. The van der Waals surface area contributed by atoms with Gasteiger partial charge in [-0.2, -0.15) is 0 Å². The zero-order chi connectivity index (χ0) is 13.4. The zero-order valence-corrected chi connectivity index (χ0v) is 10.0. The Kier molecular flexibility index (Phi) is 2.82. The summed E-state index contributed by atoms with van der Waals surface area (Å²) in [5.74, 6) is -1.01. The van der Waals surface area contributed by atoms with Crippen molar-refractivity contribution in [3.8, 4) is 0 Å². The first-order valence-corrected chi connectivity index (χ1v) is 5.47. The van der Waals surface area contributed by atoms with Gasteiger partial charge in [0.25, 0.3) is 5.56 Å². The van der Waals surface area contributed by atoms with Crippen LogP contribution in [0.2, 0.25) is 0 Å². The van der Waals surface area contributed by atoms with Gasteiger partial charge in [-0.05, 0) is 17.5 Å². The lowest BCUT2D eigenvalue weighted by Gasteiger charge is -2.02. The molecule has 2 rings (SSSR count). The molecule has 0 fully saturated rings. The zero-order valence-electron chi connectivity index (χ0n) is 10.0. The Morgan fingerprint density at radius 1 is 1.44 bits per heavy atom. The molecule has 0 bridgehead atoms. The van der Waals surface area contributed by atoms with Crippen molar-refractivity contribution in [2.45, 2.75) is 26.3 Å². The molecule has 18 heavy (non-hydrogen) atoms. The lowest BCUT2D eigenvalue weighted by Crippen LogP contribution is -2.35. The highest BCUT2D eigenvalue weighted by Crippen LogP contribution is 2.15. The maximum Gasteiger partial charge on any atom is 0.345 e. The van der Waals surface area contributed by atoms with E-state index in [4.69, 9.17) is 5.11 Å². The first-order valence-electron chi connectivity index (χ1n) is 5.47. The first kappa shape index (κ1) is 12.2. The molecular weight excluding hydrogens is 238 g/mol. The van der Waals surface area contributed by atoms with E-state index in [-0.39, 0.29) is 11.4 Å². The molecule has 0 unspecified atom stereocenters. The average Bonchev–Trinajstić information content (AvgIpc) is 2.70. The molecule has 0 spiro atoms. The standard InChI is InChI=1S/C11H13N3O4/c1-6(2)7-3-8-10(17)14(5-9(15)16)12-11(18)13(8)4-7/h3-4,6H,5H2,1-2H3,(H,12,18)(H,15,16). The Labute approximate surface area is 101 Å². The van der Waals surface area contributed by atoms with Crippen LogP contribution in [-0.2, 0) is 11.3 Å². The fourth-order valence-corrected chi connectivity index (χ4v) is 1.74. The van der Waals surface area contributed by atoms with Crippen molar-refractivity contribution in [2.75, 3.05) is 0 Å². The van der Waals surface area contributed by atoms with Gasteiger partial charge in [-0.1, -0.05) is 13.8 Å². The summed E-state index contributed by atoms with van der Waals surface area (Å²) >= 11 is 0. The Morgan fingerprint density at radius 3 is 2.67 bits per heavy atom. The maximum atomic E-state index is 12.0. The molecule has 0 saturated heterocycles. The van der Waals surface area contributed by atoms with Crippen LogP contribution in [0.15, 0.2) is 21.9 Å². The smallest absolute Gasteiger partial charge is 0.345 e. The van der Waals surface area contributed by atoms with Crippen molar-refractivity contribution in [3.63, 3.8) is 0 Å². The fourth-order valence-electron chi connectivity index (χ4n) is 1.74. The number of fused-ring (bicyclic) bond motifs is 1. The Morgan fingerprint density at radius 2 is 2.11 bits per heavy atom. The van der Waals surface area contributed by atoms with Gasteiger partial charge in [0.2, 0.25) is 0 Å². The number of nitrogens with zero attached hydrogens (tertiary/aromatic N) is 2. The van der Waals surface area contributed by atoms with Crippen molar-refractivity contribution >= 4 is 11.5 Å². The average molecular weight is 251 g/mol. The van der Waals surface area contributed by atoms with Gasteiger partial charge in [-0.25, -0.2) is 14.6 Å². The van der Waals surface area contributed by atoms with E-state index in [2.05, 4.69) is 5.10 Å². The summed E-state index contributed by atoms with van der Waals surface area (Å²) in [4.78, 5) is 34.3. The van der Waals surface area contributed by atoms with Crippen LogP contribution in [0.5, 0.6) is 0 Å². The highest BCUT2D eigenvalue weighted by Gasteiger charge is 2.12. The number of aliphatic carboxylic acids is 1. The molecule has 0 aliphatic rings. The summed E-state index contributed by atoms with van der Waals surface area (Å²) in [6.07, 6.45) is 1.59. The molecule has 7 heteroatoms. The molecule has 0 radical (unpaired) electrons. The van der Waals surface area contributed by atoms with E-state index in [1.54, 1.807) is 12.3 Å². The van der Waals surface area contributed by atoms with Crippen LogP contribution in [0.3, 0.4) is 0 Å². The van der Waals surface area contributed by atoms with E-state index in [9.17, 15) is 14.4 Å². The number of aromatic nitrogens is 3. The van der Waals surface area contributed by atoms with Crippen LogP contribution in [0.1, 0.15) is 25.3 Å². The third-order valence-electron chi connectivity index (χ3n) is 2.71. The molecule has 0 saturated carbocycles. The first-order chi connectivity index (χ1) is 8.40. The number of rotatable bonds is 3. The van der Waals surface area contributed by atoms with Crippen LogP contribution in [0.4, 0.5) is 0 Å². The Balaban J connectivity index is 2.74. The van der Waals surface area contributed by atoms with Gasteiger partial charge in [0, 0.05) is 6.20 Å². The second-order valence-electron chi connectivity index (χ2n) is 4.39. The largest absolute Gasteiger partial charge is 0.480 e. The summed E-state index contributed by atoms with van der Waals surface area (Å²) in [6, 6.07) is 1.61. The predicted octanol–water partition coefficient (Wildman–Crippen LogP) is -0.00270. The van der Waals surface area contributed by atoms with Gasteiger partial charge in [-0.15, -0.1) is 0 Å². The van der Waals surface area contributed by atoms with Gasteiger partial charge in [0.05, 0.1) is 0 Å². The van der Waals surface area contributed by atoms with Crippen molar-refractivity contribution in [1.29, 1.82) is 0 Å². The molecule has 2 aromatic heterocycles. The molecular formula is C11H13N3O4. The number of carboxylic acids is 1. The fraction of sp³-hybridized carbons (Fsp3) is 0.364. The molecule has 0 aromatic carbocycles. The van der Waals surface area contributed by atoms with E-state index in [1.165, 1.54) is 4.40 Å². The minimum absolute atomic E-state index is 0.177. The van der Waals surface area contributed by atoms with Crippen molar-refractivity contribution in [1.82, 2.24) is 14.2 Å². The van der Waals surface area contributed by atoms with Gasteiger partial charge < -0.3 is 5.11 Å². The number of aromatic amines is 1. The van der Waals surface area contributed by atoms with Crippen molar-refractivity contribution in [3.05, 3.63) is 38.7 Å². The molecule has 0 atom stereocenters. The summed E-state index contributed by atoms with van der Waals surface area (Å²) < 4.78 is 2.00. The van der Waals surface area contributed by atoms with Crippen LogP contribution in [0, 0.1) is 0 Å². The Hall–Kier alpha value is -2.31. The molecule has 2 heterocycles. The molecule has 96 valence electrons. The summed E-state index contributed by atoms with van der Waals surface area (Å²) in [7, 11) is 0. The quantitative estimate of drug-likeness (QED) is 0.802. The SMILES string of the molecule is CC(C)c1cc2c(=O)n(CC(=O)O)[nH]c(=O)n2c1. The van der Waals surface area contributed by atoms with Gasteiger partial charge in [0.15, 0.2) is 0 Å². The van der Waals surface area contributed by atoms with E-state index in [0.717, 1.165) is 10.2 Å². The summed E-state index contributed by atoms with van der Waals surface area (Å²) in [5.41, 5.74) is -0.0176. The van der Waals surface area contributed by atoms with E-state index in [1.807, 2.05) is 13.8 Å². The monoisotopic (exact) mass is 251 g/mol. The third-order valence-corrected chi connectivity index (χ3v) is 2.71. The summed E-state index contributed by atoms with van der Waals surface area (Å²) in [6.45, 7) is 3.32. The lowest BCUT2D eigenvalue weighted by atomic mass is 10.1. The number of hydrogen-bond donors (Lipinski definition) is 2. The van der Waals surface area contributed by atoms with Crippen LogP contribution in [0.25, 0.3) is 5.52 Å². The minimum Gasteiger partial charge on any atom is -0.480 e. The number of carboxylic acid groups (broad SMARTS) is 1. The van der Waals surface area contributed by atoms with Gasteiger partial charge in [-0.3, -0.25) is 14.0 Å². The number of nitrogens with one attached hydrogen (secondary N) is 1. The molecule has 7 nitrogen and oxygen atoms in total. The lowest BCUT2D eigenvalue weighted by molar-refractivity contribution is -0.138. The Bertz CT molecular complexity index is 720.